The van der Waals surface area contributed by atoms with Crippen LogP contribution >= 0.6 is 0 Å². The molecule has 3 aromatic heterocycles. The summed E-state index contributed by atoms with van der Waals surface area (Å²) in [5.41, 5.74) is 4.48. The third kappa shape index (κ3) is 14.0. The fourth-order valence-corrected chi connectivity index (χ4v) is 6.45. The van der Waals surface area contributed by atoms with Gasteiger partial charge in [0, 0.05) is 79.9 Å². The van der Waals surface area contributed by atoms with Gasteiger partial charge in [-0.15, -0.1) is 0 Å². The van der Waals surface area contributed by atoms with Gasteiger partial charge in [0.1, 0.15) is 29.9 Å². The molecule has 0 fully saturated rings. The summed E-state index contributed by atoms with van der Waals surface area (Å²) in [5.74, 6) is 0.172. The third-order valence-electron chi connectivity index (χ3n) is 9.15. The highest BCUT2D eigenvalue weighted by Gasteiger charge is 2.22. The molecular weight excluding hydrogens is 721 g/mol. The van der Waals surface area contributed by atoms with E-state index in [1.165, 1.54) is 23.5 Å². The van der Waals surface area contributed by atoms with Crippen molar-refractivity contribution in [2.75, 3.05) is 18.4 Å². The molecule has 10 nitrogen and oxygen atoms in total. The van der Waals surface area contributed by atoms with Gasteiger partial charge in [0.05, 0.1) is 23.4 Å². The zero-order valence-electron chi connectivity index (χ0n) is 34.5. The Balaban J connectivity index is 0.000000266. The molecule has 12 heteroatoms. The predicted octanol–water partition coefficient (Wildman–Crippen LogP) is 7.98. The highest BCUT2D eigenvalue weighted by molar-refractivity contribution is 5.99. The van der Waals surface area contributed by atoms with Gasteiger partial charge >= 0.3 is 0 Å². The normalized spacial score (nSPS) is 13.6. The first-order valence-corrected chi connectivity index (χ1v) is 19.8. The second-order valence-corrected chi connectivity index (χ2v) is 15.4. The highest BCUT2D eigenvalue weighted by Crippen LogP contribution is 2.24. The van der Waals surface area contributed by atoms with Gasteiger partial charge in [-0.2, -0.15) is 5.26 Å². The molecule has 5 aromatic rings. The van der Waals surface area contributed by atoms with Crippen LogP contribution in [-0.2, 0) is 13.1 Å². The Morgan fingerprint density at radius 2 is 1.35 bits per heavy atom. The lowest BCUT2D eigenvalue weighted by molar-refractivity contribution is 0.0936. The minimum absolute atomic E-state index is 0.0636. The van der Waals surface area contributed by atoms with Gasteiger partial charge < -0.3 is 21.3 Å². The minimum atomic E-state index is -1.22. The van der Waals surface area contributed by atoms with E-state index in [9.17, 15) is 13.6 Å². The maximum absolute atomic E-state index is 14.7. The summed E-state index contributed by atoms with van der Waals surface area (Å²) in [6.07, 6.45) is 2.68. The van der Waals surface area contributed by atoms with Crippen LogP contribution in [0.1, 0.15) is 82.4 Å². The highest BCUT2D eigenvalue weighted by atomic mass is 19.1. The van der Waals surface area contributed by atoms with Crippen molar-refractivity contribution in [3.8, 4) is 11.9 Å². The van der Waals surface area contributed by atoms with Crippen molar-refractivity contribution >= 4 is 22.6 Å². The number of anilines is 1. The Bertz CT molecular complexity index is 1970. The molecule has 0 aliphatic heterocycles. The van der Waals surface area contributed by atoms with Crippen molar-refractivity contribution in [1.82, 2.24) is 35.4 Å². The van der Waals surface area contributed by atoms with Gasteiger partial charge in [0.15, 0.2) is 0 Å². The van der Waals surface area contributed by atoms with Crippen molar-refractivity contribution in [3.05, 3.63) is 120 Å². The molecule has 2 aromatic carbocycles. The number of nitriles is 1. The number of nitrogens with zero attached hydrogens (tertiary/aromatic N) is 5. The molecule has 304 valence electrons. The van der Waals surface area contributed by atoms with Crippen LogP contribution in [0.2, 0.25) is 0 Å². The lowest BCUT2D eigenvalue weighted by atomic mass is 10.1. The largest absolute Gasteiger partial charge is 0.382 e. The number of nitrogens with one attached hydrogen (secondary N) is 4. The topological polar surface area (TPSA) is 123 Å². The van der Waals surface area contributed by atoms with Crippen molar-refractivity contribution < 1.29 is 13.6 Å². The number of amides is 1. The van der Waals surface area contributed by atoms with Gasteiger partial charge in [0.25, 0.3) is 5.91 Å². The van der Waals surface area contributed by atoms with Crippen LogP contribution in [0.25, 0.3) is 16.9 Å². The van der Waals surface area contributed by atoms with Crippen molar-refractivity contribution in [2.45, 2.75) is 111 Å². The lowest BCUT2D eigenvalue weighted by Crippen LogP contribution is -2.44. The number of halogens is 2. The molecule has 0 saturated carbocycles. The van der Waals surface area contributed by atoms with Gasteiger partial charge in [0.2, 0.25) is 0 Å². The Kier molecular flexibility index (Phi) is 17.1. The fraction of sp³-hybridized carbons (Fsp3) is 0.422. The molecule has 2 unspecified atom stereocenters. The summed E-state index contributed by atoms with van der Waals surface area (Å²) in [4.78, 5) is 23.9. The van der Waals surface area contributed by atoms with E-state index in [0.717, 1.165) is 18.5 Å². The summed E-state index contributed by atoms with van der Waals surface area (Å²) in [6.45, 7) is 17.4. The van der Waals surface area contributed by atoms with Gasteiger partial charge in [-0.05, 0) is 51.0 Å². The summed E-state index contributed by atoms with van der Waals surface area (Å²) >= 11 is 0. The van der Waals surface area contributed by atoms with Crippen LogP contribution < -0.4 is 21.3 Å². The van der Waals surface area contributed by atoms with Crippen LogP contribution in [0.5, 0.6) is 0 Å². The molecule has 0 radical (unpaired) electrons. The van der Waals surface area contributed by atoms with E-state index in [1.807, 2.05) is 83.3 Å². The Morgan fingerprint density at radius 3 is 1.89 bits per heavy atom. The number of hydrogen-bond acceptors (Lipinski definition) is 8. The maximum atomic E-state index is 14.7. The molecule has 1 amide bonds. The van der Waals surface area contributed by atoms with E-state index in [0.29, 0.717) is 34.8 Å². The van der Waals surface area contributed by atoms with E-state index in [4.69, 9.17) is 5.26 Å². The van der Waals surface area contributed by atoms with E-state index < -0.39 is 18.3 Å². The molecule has 4 N–H and O–H groups in total. The zero-order valence-corrected chi connectivity index (χ0v) is 34.5. The van der Waals surface area contributed by atoms with Gasteiger partial charge in [-0.3, -0.25) is 14.3 Å². The number of benzene rings is 2. The number of alkyl halides is 2. The van der Waals surface area contributed by atoms with Crippen molar-refractivity contribution in [1.29, 1.82) is 5.26 Å². The predicted molar refractivity (Wildman–Crippen MR) is 227 cm³/mol. The Hall–Kier alpha value is -5.22. The molecule has 0 saturated heterocycles. The Labute approximate surface area is 337 Å². The summed E-state index contributed by atoms with van der Waals surface area (Å²) in [7, 11) is 0. The molecule has 57 heavy (non-hydrogen) atoms. The number of carbonyl (C=O) groups excluding carboxylic acids is 1. The average molecular weight is 780 g/mol. The van der Waals surface area contributed by atoms with E-state index in [-0.39, 0.29) is 36.8 Å². The standard InChI is InChI=1S/C24H30FN7O.C21H29FN2/c1-14(2)30-16(5)20(25)13-29-24(33)19-12-27-22(9-21(19)31-15(3)4)32-7-6-18-8-17(10-26)11-28-23(18)32;1-17(2)23-18(3)21(22)16-24(14-19-10-6-4-7-11-19)15-20-12-8-5-9-13-20/h6-9,11-12,14-16,20,30H,13H2,1-5H3,(H,27,31)(H,29,33);4-13,17-18,21,23H,14-16H2,1-3H3/t16?,20-;18?,21-/m11/s1. The molecule has 0 aliphatic carbocycles. The van der Waals surface area contributed by atoms with Crippen LogP contribution in [0, 0.1) is 11.3 Å². The number of rotatable bonds is 18. The number of hydrogen-bond donors (Lipinski definition) is 4. The smallest absolute Gasteiger partial charge is 0.255 e. The monoisotopic (exact) mass is 779 g/mol. The van der Waals surface area contributed by atoms with E-state index >= 15 is 0 Å². The molecular formula is C45H59F2N9O. The second-order valence-electron chi connectivity index (χ2n) is 15.4. The van der Waals surface area contributed by atoms with Crippen LogP contribution in [0.15, 0.2) is 97.5 Å². The number of aromatic nitrogens is 3. The third-order valence-corrected chi connectivity index (χ3v) is 9.15. The molecule has 4 atom stereocenters. The van der Waals surface area contributed by atoms with Gasteiger partial charge in [-0.25, -0.2) is 18.7 Å². The first-order chi connectivity index (χ1) is 27.2. The molecule has 0 spiro atoms. The summed E-state index contributed by atoms with van der Waals surface area (Å²) < 4.78 is 31.0. The van der Waals surface area contributed by atoms with Crippen LogP contribution in [0.4, 0.5) is 14.5 Å². The SMILES string of the molecule is CC(C)NC(C)[C@H](F)CN(Cc1ccccc1)Cc1ccccc1.CC(C)Nc1cc(-n2ccc3cc(C#N)cnc32)ncc1C(=O)NC[C@@H](F)C(C)NC(C)C. The fourth-order valence-electron chi connectivity index (χ4n) is 6.45. The zero-order chi connectivity index (χ0) is 41.5. The van der Waals surface area contributed by atoms with E-state index in [1.54, 1.807) is 23.6 Å². The summed E-state index contributed by atoms with van der Waals surface area (Å²) in [6, 6.07) is 28.0. The molecule has 3 heterocycles. The quantitative estimate of drug-likeness (QED) is 0.0707. The average Bonchev–Trinajstić information content (AvgIpc) is 3.60. The van der Waals surface area contributed by atoms with Crippen molar-refractivity contribution in [2.24, 2.45) is 0 Å². The minimum Gasteiger partial charge on any atom is -0.382 e. The number of carbonyl (C=O) groups is 1. The van der Waals surface area contributed by atoms with Crippen LogP contribution in [-0.4, -0.2) is 81.0 Å². The van der Waals surface area contributed by atoms with Gasteiger partial charge in [-0.1, -0.05) is 88.4 Å². The second kappa shape index (κ2) is 21.9. The van der Waals surface area contributed by atoms with Crippen LogP contribution in [0.3, 0.4) is 0 Å². The Morgan fingerprint density at radius 1 is 0.772 bits per heavy atom. The van der Waals surface area contributed by atoms with E-state index in [2.05, 4.69) is 80.3 Å². The molecule has 0 aliphatic rings. The molecule has 5 rings (SSSR count). The first kappa shape index (κ1) is 44.5. The lowest BCUT2D eigenvalue weighted by Gasteiger charge is -2.28. The summed E-state index contributed by atoms with van der Waals surface area (Å²) in [5, 5.41) is 22.2. The van der Waals surface area contributed by atoms with Crippen molar-refractivity contribution in [3.63, 3.8) is 0 Å². The molecule has 0 bridgehead atoms. The number of pyridine rings is 2. The first-order valence-electron chi connectivity index (χ1n) is 19.8. The number of fused-ring (bicyclic) bond motifs is 1. The maximum Gasteiger partial charge on any atom is 0.255 e.